The van der Waals surface area contributed by atoms with E-state index in [1.54, 1.807) is 6.92 Å². The number of hydrogen-bond acceptors (Lipinski definition) is 4. The van der Waals surface area contributed by atoms with E-state index in [1.807, 2.05) is 0 Å². The Hall–Kier alpha value is -5.09. The number of benzene rings is 3. The molecule has 0 aromatic heterocycles. The summed E-state index contributed by atoms with van der Waals surface area (Å²) in [6, 6.07) is 27.3. The number of nitrogens with zero attached hydrogens (tertiary/aromatic N) is 2. The summed E-state index contributed by atoms with van der Waals surface area (Å²) in [7, 11) is 0. The number of ether oxygens (including phenoxy) is 1. The summed E-state index contributed by atoms with van der Waals surface area (Å²) in [5.74, 6) is 1.43. The Morgan fingerprint density at radius 1 is 0.860 bits per heavy atom. The van der Waals surface area contributed by atoms with Gasteiger partial charge in [-0.05, 0) is 111 Å². The molecule has 2 saturated carbocycles. The van der Waals surface area contributed by atoms with Crippen molar-refractivity contribution in [2.75, 3.05) is 16.4 Å². The Labute approximate surface area is 297 Å². The van der Waals surface area contributed by atoms with E-state index < -0.39 is 0 Å². The number of anilines is 3. The summed E-state index contributed by atoms with van der Waals surface area (Å²) in [4.78, 5) is 17.1. The van der Waals surface area contributed by atoms with E-state index in [9.17, 15) is 4.79 Å². The topological polar surface area (TPSA) is 32.8 Å². The summed E-state index contributed by atoms with van der Waals surface area (Å²) >= 11 is 0. The van der Waals surface area contributed by atoms with Crippen LogP contribution in [0.3, 0.4) is 0 Å². The lowest BCUT2D eigenvalue weighted by atomic mass is 9.92. The zero-order chi connectivity index (χ0) is 34.6. The molecule has 0 saturated heterocycles. The maximum atomic E-state index is 12.1. The van der Waals surface area contributed by atoms with Crippen molar-refractivity contribution in [3.63, 3.8) is 0 Å². The summed E-state index contributed by atoms with van der Waals surface area (Å²) in [6.07, 6.45) is 22.7. The first-order valence-electron chi connectivity index (χ1n) is 18.0. The summed E-state index contributed by atoms with van der Waals surface area (Å²) in [6.45, 7) is 12.4. The second kappa shape index (κ2) is 12.7. The van der Waals surface area contributed by atoms with Gasteiger partial charge >= 0.3 is 5.97 Å². The minimum absolute atomic E-state index is 0.0904. The molecule has 252 valence electrons. The van der Waals surface area contributed by atoms with Crippen LogP contribution < -0.4 is 9.80 Å². The molecule has 5 aliphatic carbocycles. The van der Waals surface area contributed by atoms with Gasteiger partial charge in [0.05, 0.1) is 6.04 Å². The van der Waals surface area contributed by atoms with Gasteiger partial charge in [-0.3, -0.25) is 0 Å². The van der Waals surface area contributed by atoms with Gasteiger partial charge in [0.2, 0.25) is 0 Å². The number of esters is 1. The molecule has 0 N–H and O–H groups in total. The van der Waals surface area contributed by atoms with Gasteiger partial charge in [0.25, 0.3) is 0 Å². The number of aryl methyl sites for hydroxylation is 2. The molecule has 0 spiro atoms. The van der Waals surface area contributed by atoms with E-state index in [4.69, 9.17) is 4.74 Å². The van der Waals surface area contributed by atoms with Crippen molar-refractivity contribution in [3.8, 4) is 0 Å². The third-order valence-corrected chi connectivity index (χ3v) is 11.2. The van der Waals surface area contributed by atoms with Crippen LogP contribution in [-0.4, -0.2) is 18.6 Å². The van der Waals surface area contributed by atoms with Crippen LogP contribution in [0.25, 0.3) is 5.57 Å². The van der Waals surface area contributed by atoms with Crippen molar-refractivity contribution in [2.24, 2.45) is 29.1 Å². The average Bonchev–Trinajstić information content (AvgIpc) is 4.05. The summed E-state index contributed by atoms with van der Waals surface area (Å²) in [5, 5.41) is 0. The average molecular weight is 659 g/mol. The minimum Gasteiger partial charge on any atom is -0.461 e. The molecule has 0 radical (unpaired) electrons. The van der Waals surface area contributed by atoms with Gasteiger partial charge in [0, 0.05) is 45.4 Å². The van der Waals surface area contributed by atoms with Crippen molar-refractivity contribution in [1.29, 1.82) is 0 Å². The lowest BCUT2D eigenvalue weighted by Gasteiger charge is -2.36. The van der Waals surface area contributed by atoms with Gasteiger partial charge in [-0.25, -0.2) is 4.79 Å². The molecule has 3 aromatic carbocycles. The summed E-state index contributed by atoms with van der Waals surface area (Å²) in [5.41, 5.74) is 11.8. The number of fused-ring (bicyclic) bond motifs is 2. The molecule has 0 bridgehead atoms. The Morgan fingerprint density at radius 3 is 2.14 bits per heavy atom. The number of carbonyl (C=O) groups is 1. The summed E-state index contributed by atoms with van der Waals surface area (Å²) < 4.78 is 5.60. The van der Waals surface area contributed by atoms with Crippen LogP contribution in [0.15, 0.2) is 151 Å². The molecule has 2 fully saturated rings. The van der Waals surface area contributed by atoms with Crippen molar-refractivity contribution in [1.82, 2.24) is 0 Å². The molecule has 3 aromatic rings. The van der Waals surface area contributed by atoms with Gasteiger partial charge < -0.3 is 14.5 Å². The van der Waals surface area contributed by atoms with Gasteiger partial charge in [0.15, 0.2) is 0 Å². The van der Waals surface area contributed by atoms with Crippen molar-refractivity contribution < 1.29 is 9.53 Å². The Bertz CT molecular complexity index is 2010. The number of allylic oxidation sites excluding steroid dienone is 8. The monoisotopic (exact) mass is 658 g/mol. The van der Waals surface area contributed by atoms with E-state index in [2.05, 4.69) is 165 Å². The van der Waals surface area contributed by atoms with E-state index in [-0.39, 0.29) is 17.4 Å². The lowest BCUT2D eigenvalue weighted by Crippen LogP contribution is -2.35. The van der Waals surface area contributed by atoms with Crippen LogP contribution in [0.1, 0.15) is 43.4 Å². The van der Waals surface area contributed by atoms with Crippen molar-refractivity contribution in [2.45, 2.75) is 46.6 Å². The van der Waals surface area contributed by atoms with Crippen LogP contribution in [0, 0.1) is 42.9 Å². The quantitative estimate of drug-likeness (QED) is 0.160. The molecule has 50 heavy (non-hydrogen) atoms. The first kappa shape index (κ1) is 32.1. The van der Waals surface area contributed by atoms with Crippen LogP contribution in [0.4, 0.5) is 17.1 Å². The fourth-order valence-electron chi connectivity index (χ4n) is 7.99. The predicted molar refractivity (Wildman–Crippen MR) is 206 cm³/mol. The molecule has 4 nitrogen and oxygen atoms in total. The maximum absolute atomic E-state index is 12.1. The normalized spacial score (nSPS) is 26.9. The largest absolute Gasteiger partial charge is 0.461 e. The number of rotatable bonds is 10. The van der Waals surface area contributed by atoms with Gasteiger partial charge in [-0.1, -0.05) is 104 Å². The Kier molecular flexibility index (Phi) is 8.14. The second-order valence-corrected chi connectivity index (χ2v) is 15.0. The van der Waals surface area contributed by atoms with Gasteiger partial charge in [-0.15, -0.1) is 0 Å². The zero-order valence-corrected chi connectivity index (χ0v) is 29.6. The van der Waals surface area contributed by atoms with E-state index in [1.165, 1.54) is 50.7 Å². The molecular weight excluding hydrogens is 613 g/mol. The second-order valence-electron chi connectivity index (χ2n) is 15.0. The van der Waals surface area contributed by atoms with Crippen LogP contribution >= 0.6 is 0 Å². The fraction of sp³-hybridized carbons (Fsp3) is 0.283. The SMILES string of the molecule is C=C(C)C(=O)OCC12C=CC(N(C3=CC=C(c4ccc(N(c5ccc(C)cc5)C5C=CC=CC5C)cc4)C4C[C@H]34)c3ccc(C)cc3)=CC1C2. The molecule has 0 aliphatic heterocycles. The third-order valence-electron chi connectivity index (χ3n) is 11.2. The van der Waals surface area contributed by atoms with Crippen LogP contribution in [0.2, 0.25) is 0 Å². The standard InChI is InChI=1S/C46H46N2O2/c1-30(2)45(49)50-29-46-25-24-39(26-35(46)28-46)48(37-18-12-32(4)13-19-37)44-23-22-40(41-27-42(41)44)34-14-20-38(21-15-34)47(36-16-10-31(3)11-17-36)43-9-7-6-8-33(43)5/h6-26,33,35,41-43H,1,27-29H2,2-5H3/t33?,35?,41?,42-,43?,46?/m0/s1. The number of hydrogen-bond donors (Lipinski definition) is 0. The smallest absolute Gasteiger partial charge is 0.333 e. The highest BCUT2D eigenvalue weighted by molar-refractivity contribution is 5.87. The molecule has 6 atom stereocenters. The molecule has 0 heterocycles. The third kappa shape index (κ3) is 6.02. The molecular formula is C46H46N2O2. The molecule has 0 amide bonds. The van der Waals surface area contributed by atoms with E-state index in [0.29, 0.717) is 35.9 Å². The zero-order valence-electron chi connectivity index (χ0n) is 29.6. The Morgan fingerprint density at radius 2 is 1.50 bits per heavy atom. The predicted octanol–water partition coefficient (Wildman–Crippen LogP) is 10.6. The molecule has 5 aliphatic rings. The maximum Gasteiger partial charge on any atom is 0.333 e. The van der Waals surface area contributed by atoms with Gasteiger partial charge in [0.1, 0.15) is 6.61 Å². The first-order valence-corrected chi connectivity index (χ1v) is 18.0. The van der Waals surface area contributed by atoms with Crippen LogP contribution in [-0.2, 0) is 9.53 Å². The molecule has 5 unspecified atom stereocenters. The van der Waals surface area contributed by atoms with E-state index in [0.717, 1.165) is 12.8 Å². The minimum atomic E-state index is -0.309. The first-order chi connectivity index (χ1) is 24.2. The van der Waals surface area contributed by atoms with Gasteiger partial charge in [-0.2, -0.15) is 0 Å². The Balaban J connectivity index is 1.07. The molecule has 8 rings (SSSR count). The highest BCUT2D eigenvalue weighted by Gasteiger charge is 2.54. The van der Waals surface area contributed by atoms with Crippen molar-refractivity contribution in [3.05, 3.63) is 168 Å². The molecule has 4 heteroatoms. The van der Waals surface area contributed by atoms with Crippen LogP contribution in [0.5, 0.6) is 0 Å². The highest BCUT2D eigenvalue weighted by atomic mass is 16.5. The highest BCUT2D eigenvalue weighted by Crippen LogP contribution is 2.60. The number of carbonyl (C=O) groups excluding carboxylic acids is 1. The lowest BCUT2D eigenvalue weighted by molar-refractivity contribution is -0.140. The van der Waals surface area contributed by atoms with Crippen molar-refractivity contribution >= 4 is 28.6 Å². The fourth-order valence-corrected chi connectivity index (χ4v) is 7.99. The van der Waals surface area contributed by atoms with E-state index >= 15 is 0 Å².